The Bertz CT molecular complexity index is 972. The molecule has 0 saturated heterocycles. The fourth-order valence-electron chi connectivity index (χ4n) is 4.62. The molecule has 0 radical (unpaired) electrons. The first-order valence-corrected chi connectivity index (χ1v) is 10.9. The average Bonchev–Trinajstić information content (AvgIpc) is 3.32. The summed E-state index contributed by atoms with van der Waals surface area (Å²) in [5.41, 5.74) is 3.48. The number of H-pyrrole nitrogens is 2. The lowest BCUT2D eigenvalue weighted by Crippen LogP contribution is -2.34. The van der Waals surface area contributed by atoms with Crippen molar-refractivity contribution in [2.45, 2.75) is 40.2 Å². The molecule has 6 heteroatoms. The lowest BCUT2D eigenvalue weighted by Gasteiger charge is -2.37. The molecule has 154 valence electrons. The zero-order valence-corrected chi connectivity index (χ0v) is 18.1. The number of halogens is 1. The molecule has 3 aromatic rings. The third-order valence-corrected chi connectivity index (χ3v) is 6.48. The van der Waals surface area contributed by atoms with Gasteiger partial charge in [0.1, 0.15) is 11.6 Å². The van der Waals surface area contributed by atoms with E-state index < -0.39 is 0 Å². The molecule has 0 bridgehead atoms. The number of nitrogens with zero attached hydrogens (tertiary/aromatic N) is 2. The van der Waals surface area contributed by atoms with Crippen molar-refractivity contribution >= 4 is 22.6 Å². The molecule has 29 heavy (non-hydrogen) atoms. The Morgan fingerprint density at radius 1 is 1.28 bits per heavy atom. The molecule has 4 rings (SSSR count). The Morgan fingerprint density at radius 3 is 2.90 bits per heavy atom. The van der Waals surface area contributed by atoms with Gasteiger partial charge in [-0.25, -0.2) is 9.97 Å². The molecule has 0 fully saturated rings. The second kappa shape index (κ2) is 8.72. The lowest BCUT2D eigenvalue weighted by atomic mass is 9.70. The van der Waals surface area contributed by atoms with Crippen LogP contribution < -0.4 is 5.32 Å². The number of aromatic nitrogens is 4. The lowest BCUT2D eigenvalue weighted by molar-refractivity contribution is 0.221. The Morgan fingerprint density at radius 2 is 2.14 bits per heavy atom. The van der Waals surface area contributed by atoms with Crippen LogP contribution in [0.15, 0.2) is 42.2 Å². The van der Waals surface area contributed by atoms with Gasteiger partial charge in [-0.3, -0.25) is 0 Å². The fraction of sp³-hybridized carbons (Fsp3) is 0.478. The molecular formula is C23H30ClN5. The third-order valence-electron chi connectivity index (χ3n) is 6.24. The first kappa shape index (κ1) is 20.2. The summed E-state index contributed by atoms with van der Waals surface area (Å²) in [6.07, 6.45) is 8.31. The van der Waals surface area contributed by atoms with E-state index >= 15 is 0 Å². The average molecular weight is 412 g/mol. The van der Waals surface area contributed by atoms with Gasteiger partial charge in [0, 0.05) is 30.4 Å². The van der Waals surface area contributed by atoms with E-state index in [0.717, 1.165) is 47.2 Å². The molecule has 0 aliphatic heterocycles. The van der Waals surface area contributed by atoms with E-state index in [1.807, 2.05) is 24.4 Å². The summed E-state index contributed by atoms with van der Waals surface area (Å²) in [6.45, 7) is 8.74. The van der Waals surface area contributed by atoms with Crippen LogP contribution in [0.5, 0.6) is 0 Å². The standard InChI is InChI=1S/C23H30ClN5/c1-14(2)19-9-16(10-22-28-20-5-4-18(24)11-21(20)29-22)15(3)8-17(19)12-25-13-23-26-6-7-27-23/h4-8,11,14,16-17,19,25H,9-10,12-13H2,1-3H3,(H,26,27)(H,28,29)/t16-,17-,19-/m0/s1. The Kier molecular flexibility index (Phi) is 6.07. The van der Waals surface area contributed by atoms with Crippen molar-refractivity contribution in [1.29, 1.82) is 0 Å². The molecule has 1 aromatic carbocycles. The van der Waals surface area contributed by atoms with Crippen LogP contribution in [-0.2, 0) is 13.0 Å². The van der Waals surface area contributed by atoms with E-state index in [4.69, 9.17) is 16.6 Å². The van der Waals surface area contributed by atoms with Crippen molar-refractivity contribution in [3.05, 3.63) is 58.9 Å². The van der Waals surface area contributed by atoms with Crippen LogP contribution in [0.2, 0.25) is 5.02 Å². The number of imidazole rings is 2. The minimum atomic E-state index is 0.528. The minimum absolute atomic E-state index is 0.528. The highest BCUT2D eigenvalue weighted by Crippen LogP contribution is 2.38. The van der Waals surface area contributed by atoms with E-state index in [0.29, 0.717) is 23.7 Å². The number of allylic oxidation sites excluding steroid dienone is 1. The van der Waals surface area contributed by atoms with E-state index in [9.17, 15) is 0 Å². The Balaban J connectivity index is 1.45. The smallest absolute Gasteiger partial charge is 0.120 e. The van der Waals surface area contributed by atoms with Gasteiger partial charge in [0.05, 0.1) is 17.6 Å². The fourth-order valence-corrected chi connectivity index (χ4v) is 4.80. The zero-order valence-electron chi connectivity index (χ0n) is 17.4. The summed E-state index contributed by atoms with van der Waals surface area (Å²) in [5, 5.41) is 4.32. The second-order valence-electron chi connectivity index (χ2n) is 8.63. The van der Waals surface area contributed by atoms with Crippen LogP contribution in [0.25, 0.3) is 11.0 Å². The van der Waals surface area contributed by atoms with E-state index in [2.05, 4.69) is 47.1 Å². The highest BCUT2D eigenvalue weighted by Gasteiger charge is 2.31. The third kappa shape index (κ3) is 4.73. The molecule has 2 aromatic heterocycles. The molecule has 0 saturated carbocycles. The first-order chi connectivity index (χ1) is 14.0. The molecule has 0 spiro atoms. The van der Waals surface area contributed by atoms with E-state index in [-0.39, 0.29) is 0 Å². The van der Waals surface area contributed by atoms with Crippen molar-refractivity contribution in [2.75, 3.05) is 6.54 Å². The molecule has 3 atom stereocenters. The topological polar surface area (TPSA) is 69.4 Å². The quantitative estimate of drug-likeness (QED) is 0.472. The molecular weight excluding hydrogens is 382 g/mol. The monoisotopic (exact) mass is 411 g/mol. The largest absolute Gasteiger partial charge is 0.348 e. The summed E-state index contributed by atoms with van der Waals surface area (Å²) in [6, 6.07) is 5.84. The van der Waals surface area contributed by atoms with Crippen LogP contribution in [0.1, 0.15) is 38.8 Å². The van der Waals surface area contributed by atoms with Gasteiger partial charge in [0.2, 0.25) is 0 Å². The van der Waals surface area contributed by atoms with Gasteiger partial charge in [0.15, 0.2) is 0 Å². The maximum Gasteiger partial charge on any atom is 0.120 e. The SMILES string of the molecule is CC1=C[C@@H](CNCc2ncc[nH]2)[C@H](C(C)C)C[C@H]1Cc1nc2ccc(Cl)cc2[nH]1. The molecule has 2 heterocycles. The van der Waals surface area contributed by atoms with Crippen LogP contribution in [0, 0.1) is 23.7 Å². The van der Waals surface area contributed by atoms with Gasteiger partial charge in [0.25, 0.3) is 0 Å². The van der Waals surface area contributed by atoms with E-state index in [1.165, 1.54) is 12.0 Å². The van der Waals surface area contributed by atoms with Gasteiger partial charge in [-0.15, -0.1) is 0 Å². The molecule has 0 unspecified atom stereocenters. The van der Waals surface area contributed by atoms with Crippen LogP contribution in [0.3, 0.4) is 0 Å². The van der Waals surface area contributed by atoms with Gasteiger partial charge in [-0.05, 0) is 55.2 Å². The van der Waals surface area contributed by atoms with E-state index in [1.54, 1.807) is 6.20 Å². The Labute approximate surface area is 177 Å². The van der Waals surface area contributed by atoms with Crippen molar-refractivity contribution in [3.63, 3.8) is 0 Å². The summed E-state index contributed by atoms with van der Waals surface area (Å²) < 4.78 is 0. The zero-order chi connectivity index (χ0) is 20.4. The number of aromatic amines is 2. The predicted molar refractivity (Wildman–Crippen MR) is 119 cm³/mol. The number of rotatable bonds is 7. The molecule has 3 N–H and O–H groups in total. The maximum atomic E-state index is 6.12. The summed E-state index contributed by atoms with van der Waals surface area (Å²) in [4.78, 5) is 15.7. The van der Waals surface area contributed by atoms with Crippen LogP contribution >= 0.6 is 11.6 Å². The van der Waals surface area contributed by atoms with Gasteiger partial charge < -0.3 is 15.3 Å². The normalized spacial score (nSPS) is 22.4. The van der Waals surface area contributed by atoms with Crippen LogP contribution in [0.4, 0.5) is 0 Å². The number of benzene rings is 1. The second-order valence-corrected chi connectivity index (χ2v) is 9.07. The van der Waals surface area contributed by atoms with Crippen molar-refractivity contribution in [2.24, 2.45) is 23.7 Å². The number of hydrogen-bond donors (Lipinski definition) is 3. The van der Waals surface area contributed by atoms with Crippen molar-refractivity contribution < 1.29 is 0 Å². The minimum Gasteiger partial charge on any atom is -0.348 e. The highest BCUT2D eigenvalue weighted by molar-refractivity contribution is 6.31. The Hall–Kier alpha value is -2.11. The maximum absolute atomic E-state index is 6.12. The molecule has 5 nitrogen and oxygen atoms in total. The van der Waals surface area contributed by atoms with Crippen molar-refractivity contribution in [3.8, 4) is 0 Å². The highest BCUT2D eigenvalue weighted by atomic mass is 35.5. The predicted octanol–water partition coefficient (Wildman–Crippen LogP) is 5.13. The number of fused-ring (bicyclic) bond motifs is 1. The number of nitrogens with one attached hydrogen (secondary N) is 3. The summed E-state index contributed by atoms with van der Waals surface area (Å²) in [7, 11) is 0. The van der Waals surface area contributed by atoms with Crippen molar-refractivity contribution in [1.82, 2.24) is 25.3 Å². The summed E-state index contributed by atoms with van der Waals surface area (Å²) >= 11 is 6.12. The molecule has 0 amide bonds. The summed E-state index contributed by atoms with van der Waals surface area (Å²) in [5.74, 6) is 4.43. The van der Waals surface area contributed by atoms with Gasteiger partial charge >= 0.3 is 0 Å². The van der Waals surface area contributed by atoms with Gasteiger partial charge in [-0.1, -0.05) is 37.1 Å². The first-order valence-electron chi connectivity index (χ1n) is 10.5. The number of hydrogen-bond acceptors (Lipinski definition) is 3. The molecule has 1 aliphatic rings. The van der Waals surface area contributed by atoms with Gasteiger partial charge in [-0.2, -0.15) is 0 Å². The van der Waals surface area contributed by atoms with Crippen LogP contribution in [-0.4, -0.2) is 26.5 Å². The molecule has 1 aliphatic carbocycles.